The van der Waals surface area contributed by atoms with Crippen LogP contribution in [0.15, 0.2) is 18.2 Å². The molecule has 2 unspecified atom stereocenters. The van der Waals surface area contributed by atoms with Crippen LogP contribution >= 0.6 is 0 Å². The van der Waals surface area contributed by atoms with E-state index >= 15 is 0 Å². The van der Waals surface area contributed by atoms with Gasteiger partial charge in [-0.15, -0.1) is 0 Å². The third-order valence-corrected chi connectivity index (χ3v) is 2.03. The standard InChI is InChI=1S/C10H11FO4/c1-5-2-3-6(7(11)4-5)8(12)9(13)10(14)15/h2-4,8-9,12-13H,1H3,(H,14,15). The van der Waals surface area contributed by atoms with Crippen molar-refractivity contribution in [2.24, 2.45) is 0 Å². The van der Waals surface area contributed by atoms with Gasteiger partial charge in [-0.05, 0) is 18.6 Å². The second-order valence-corrected chi connectivity index (χ2v) is 3.25. The van der Waals surface area contributed by atoms with Gasteiger partial charge in [0.1, 0.15) is 11.9 Å². The predicted octanol–water partition coefficient (Wildman–Crippen LogP) is 0.613. The van der Waals surface area contributed by atoms with E-state index in [4.69, 9.17) is 10.2 Å². The average molecular weight is 214 g/mol. The van der Waals surface area contributed by atoms with Crippen LogP contribution < -0.4 is 0 Å². The van der Waals surface area contributed by atoms with Crippen molar-refractivity contribution in [3.8, 4) is 0 Å². The van der Waals surface area contributed by atoms with Crippen LogP contribution in [0.5, 0.6) is 0 Å². The fourth-order valence-electron chi connectivity index (χ4n) is 1.18. The number of carbonyl (C=O) groups is 1. The number of aliphatic hydroxyl groups excluding tert-OH is 2. The summed E-state index contributed by atoms with van der Waals surface area (Å²) >= 11 is 0. The van der Waals surface area contributed by atoms with Crippen molar-refractivity contribution in [2.45, 2.75) is 19.1 Å². The van der Waals surface area contributed by atoms with Gasteiger partial charge in [0.2, 0.25) is 0 Å². The van der Waals surface area contributed by atoms with E-state index in [0.717, 1.165) is 6.07 Å². The summed E-state index contributed by atoms with van der Waals surface area (Å²) in [5.41, 5.74) is 0.420. The summed E-state index contributed by atoms with van der Waals surface area (Å²) in [4.78, 5) is 10.4. The number of rotatable bonds is 3. The molecule has 0 radical (unpaired) electrons. The molecule has 15 heavy (non-hydrogen) atoms. The van der Waals surface area contributed by atoms with Crippen molar-refractivity contribution in [3.63, 3.8) is 0 Å². The summed E-state index contributed by atoms with van der Waals surface area (Å²) in [7, 11) is 0. The molecule has 3 N–H and O–H groups in total. The molecular weight excluding hydrogens is 203 g/mol. The third-order valence-electron chi connectivity index (χ3n) is 2.03. The highest BCUT2D eigenvalue weighted by Gasteiger charge is 2.27. The summed E-state index contributed by atoms with van der Waals surface area (Å²) in [6.45, 7) is 1.66. The molecule has 0 amide bonds. The first-order valence-electron chi connectivity index (χ1n) is 4.28. The molecule has 0 spiro atoms. The van der Waals surface area contributed by atoms with Crippen molar-refractivity contribution >= 4 is 5.97 Å². The molecule has 0 fully saturated rings. The van der Waals surface area contributed by atoms with Gasteiger partial charge in [-0.2, -0.15) is 0 Å². The third kappa shape index (κ3) is 2.51. The number of carboxylic acid groups (broad SMARTS) is 1. The van der Waals surface area contributed by atoms with Gasteiger partial charge in [0.25, 0.3) is 0 Å². The molecule has 5 heteroatoms. The number of carboxylic acids is 1. The first-order valence-corrected chi connectivity index (χ1v) is 4.28. The van der Waals surface area contributed by atoms with Gasteiger partial charge < -0.3 is 15.3 Å². The fourth-order valence-corrected chi connectivity index (χ4v) is 1.18. The van der Waals surface area contributed by atoms with Crippen molar-refractivity contribution in [3.05, 3.63) is 35.1 Å². The van der Waals surface area contributed by atoms with Gasteiger partial charge in [-0.25, -0.2) is 9.18 Å². The molecule has 0 saturated carbocycles. The Bertz CT molecular complexity index is 378. The van der Waals surface area contributed by atoms with Crippen LogP contribution in [0.1, 0.15) is 17.2 Å². The maximum Gasteiger partial charge on any atom is 0.335 e. The Morgan fingerprint density at radius 2 is 2.00 bits per heavy atom. The normalized spacial score (nSPS) is 14.7. The number of aliphatic hydroxyl groups is 2. The summed E-state index contributed by atoms with van der Waals surface area (Å²) < 4.78 is 13.3. The van der Waals surface area contributed by atoms with Crippen molar-refractivity contribution in [1.29, 1.82) is 0 Å². The highest BCUT2D eigenvalue weighted by atomic mass is 19.1. The second-order valence-electron chi connectivity index (χ2n) is 3.25. The molecular formula is C10H11FO4. The quantitative estimate of drug-likeness (QED) is 0.689. The van der Waals surface area contributed by atoms with Crippen molar-refractivity contribution < 1.29 is 24.5 Å². The number of hydrogen-bond donors (Lipinski definition) is 3. The molecule has 82 valence electrons. The Kier molecular flexibility index (Phi) is 3.39. The number of halogens is 1. The number of benzene rings is 1. The van der Waals surface area contributed by atoms with Crippen LogP contribution in [0.3, 0.4) is 0 Å². The SMILES string of the molecule is Cc1ccc(C(O)C(O)C(=O)O)c(F)c1. The largest absolute Gasteiger partial charge is 0.479 e. The lowest BCUT2D eigenvalue weighted by Crippen LogP contribution is -2.28. The highest BCUT2D eigenvalue weighted by Crippen LogP contribution is 2.21. The Balaban J connectivity index is 3.01. The Morgan fingerprint density at radius 3 is 2.47 bits per heavy atom. The number of hydrogen-bond acceptors (Lipinski definition) is 3. The van der Waals surface area contributed by atoms with Gasteiger partial charge in [0, 0.05) is 5.56 Å². The number of aryl methyl sites for hydroxylation is 1. The first-order chi connectivity index (χ1) is 6.93. The molecule has 0 aliphatic carbocycles. The molecule has 1 aromatic rings. The topological polar surface area (TPSA) is 77.8 Å². The van der Waals surface area contributed by atoms with Gasteiger partial charge in [-0.1, -0.05) is 12.1 Å². The minimum Gasteiger partial charge on any atom is -0.479 e. The predicted molar refractivity (Wildman–Crippen MR) is 49.7 cm³/mol. The van der Waals surface area contributed by atoms with Gasteiger partial charge in [0.15, 0.2) is 6.10 Å². The lowest BCUT2D eigenvalue weighted by Gasteiger charge is -2.15. The minimum atomic E-state index is -2.03. The van der Waals surface area contributed by atoms with Crippen molar-refractivity contribution in [2.75, 3.05) is 0 Å². The van der Waals surface area contributed by atoms with Crippen LogP contribution in [-0.4, -0.2) is 27.4 Å². The summed E-state index contributed by atoms with van der Waals surface area (Å²) in [6.07, 6.45) is -3.79. The molecule has 0 heterocycles. The molecule has 1 rings (SSSR count). The van der Waals surface area contributed by atoms with E-state index in [9.17, 15) is 14.3 Å². The minimum absolute atomic E-state index is 0.226. The van der Waals surface area contributed by atoms with Crippen LogP contribution in [0.25, 0.3) is 0 Å². The van der Waals surface area contributed by atoms with Crippen molar-refractivity contribution in [1.82, 2.24) is 0 Å². The molecule has 0 aliphatic heterocycles. The Morgan fingerprint density at radius 1 is 1.40 bits per heavy atom. The van der Waals surface area contributed by atoms with E-state index in [0.29, 0.717) is 5.56 Å². The monoisotopic (exact) mass is 214 g/mol. The first kappa shape index (κ1) is 11.6. The summed E-state index contributed by atoms with van der Waals surface area (Å²) in [5.74, 6) is -2.33. The zero-order valence-electron chi connectivity index (χ0n) is 8.01. The second kappa shape index (κ2) is 4.37. The maximum atomic E-state index is 13.3. The number of aliphatic carboxylic acids is 1. The highest BCUT2D eigenvalue weighted by molar-refractivity contribution is 5.73. The van der Waals surface area contributed by atoms with Crippen LogP contribution in [0.2, 0.25) is 0 Å². The maximum absolute atomic E-state index is 13.3. The summed E-state index contributed by atoms with van der Waals surface area (Å²) in [6, 6.07) is 3.94. The zero-order valence-corrected chi connectivity index (χ0v) is 8.01. The molecule has 1 aromatic carbocycles. The van der Waals surface area contributed by atoms with Gasteiger partial charge in [-0.3, -0.25) is 0 Å². The van der Waals surface area contributed by atoms with E-state index in [2.05, 4.69) is 0 Å². The molecule has 0 aromatic heterocycles. The Labute approximate surface area is 85.6 Å². The van der Waals surface area contributed by atoms with Gasteiger partial charge in [0.05, 0.1) is 0 Å². The zero-order chi connectivity index (χ0) is 11.6. The molecule has 2 atom stereocenters. The fraction of sp³-hybridized carbons (Fsp3) is 0.300. The lowest BCUT2D eigenvalue weighted by atomic mass is 10.0. The lowest BCUT2D eigenvalue weighted by molar-refractivity contribution is -0.153. The van der Waals surface area contributed by atoms with Crippen LogP contribution in [-0.2, 0) is 4.79 Å². The Hall–Kier alpha value is -1.46. The molecule has 0 bridgehead atoms. The smallest absolute Gasteiger partial charge is 0.335 e. The van der Waals surface area contributed by atoms with Crippen LogP contribution in [0, 0.1) is 12.7 Å². The van der Waals surface area contributed by atoms with E-state index in [-0.39, 0.29) is 5.56 Å². The van der Waals surface area contributed by atoms with E-state index < -0.39 is 24.0 Å². The van der Waals surface area contributed by atoms with Gasteiger partial charge >= 0.3 is 5.97 Å². The average Bonchev–Trinajstić information content (AvgIpc) is 2.15. The van der Waals surface area contributed by atoms with Crippen LogP contribution in [0.4, 0.5) is 4.39 Å². The van der Waals surface area contributed by atoms with E-state index in [1.165, 1.54) is 12.1 Å². The molecule has 0 saturated heterocycles. The molecule has 0 aliphatic rings. The van der Waals surface area contributed by atoms with E-state index in [1.807, 2.05) is 0 Å². The summed E-state index contributed by atoms with van der Waals surface area (Å²) in [5, 5.41) is 26.8. The molecule has 4 nitrogen and oxygen atoms in total. The van der Waals surface area contributed by atoms with E-state index in [1.54, 1.807) is 6.92 Å².